The van der Waals surface area contributed by atoms with Crippen molar-refractivity contribution in [3.63, 3.8) is 0 Å². The summed E-state index contributed by atoms with van der Waals surface area (Å²) in [7, 11) is 3.50. The Morgan fingerprint density at radius 3 is 1.95 bits per heavy atom. The number of methoxy groups -OCH3 is 2. The Balaban J connectivity index is 0.000000127. The van der Waals surface area contributed by atoms with Gasteiger partial charge in [-0.15, -0.1) is 0 Å². The Morgan fingerprint density at radius 1 is 0.711 bits per heavy atom. The Labute approximate surface area is 225 Å². The SMILES string of the molecule is COc1ccc2[nH]cc(C3CN4CCC3CC4)c2c1.COc1cccc2[nH]cc(C3CN4CCC3CC4)c12. The third-order valence-corrected chi connectivity index (χ3v) is 9.95. The van der Waals surface area contributed by atoms with Crippen molar-refractivity contribution in [2.75, 3.05) is 53.5 Å². The highest BCUT2D eigenvalue weighted by Gasteiger charge is 2.37. The van der Waals surface area contributed by atoms with Crippen molar-refractivity contribution in [1.29, 1.82) is 0 Å². The van der Waals surface area contributed by atoms with Crippen LogP contribution in [-0.4, -0.2) is 73.3 Å². The molecule has 0 aliphatic carbocycles. The predicted molar refractivity (Wildman–Crippen MR) is 154 cm³/mol. The minimum absolute atomic E-state index is 0.674. The largest absolute Gasteiger partial charge is 0.497 e. The monoisotopic (exact) mass is 512 g/mol. The molecule has 38 heavy (non-hydrogen) atoms. The van der Waals surface area contributed by atoms with Gasteiger partial charge in [0.1, 0.15) is 11.5 Å². The van der Waals surface area contributed by atoms with Gasteiger partial charge < -0.3 is 29.2 Å². The number of piperidine rings is 6. The molecule has 10 rings (SSSR count). The molecule has 2 unspecified atom stereocenters. The zero-order chi connectivity index (χ0) is 25.6. The van der Waals surface area contributed by atoms with Gasteiger partial charge in [0, 0.05) is 59.1 Å². The molecule has 0 radical (unpaired) electrons. The fourth-order valence-corrected chi connectivity index (χ4v) is 7.83. The number of nitrogens with zero attached hydrogens (tertiary/aromatic N) is 2. The van der Waals surface area contributed by atoms with Crippen LogP contribution in [0.25, 0.3) is 21.8 Å². The van der Waals surface area contributed by atoms with E-state index < -0.39 is 0 Å². The number of hydrogen-bond acceptors (Lipinski definition) is 4. The highest BCUT2D eigenvalue weighted by molar-refractivity contribution is 5.90. The van der Waals surface area contributed by atoms with Crippen LogP contribution in [0, 0.1) is 11.8 Å². The molecule has 4 bridgehead atoms. The van der Waals surface area contributed by atoms with E-state index in [1.54, 1.807) is 14.2 Å². The Bertz CT molecular complexity index is 1410. The fourth-order valence-electron chi connectivity index (χ4n) is 7.83. The van der Waals surface area contributed by atoms with Crippen LogP contribution in [0.5, 0.6) is 11.5 Å². The molecule has 6 fully saturated rings. The van der Waals surface area contributed by atoms with E-state index in [0.717, 1.165) is 23.3 Å². The molecular weight excluding hydrogens is 472 g/mol. The number of nitrogens with one attached hydrogen (secondary N) is 2. The van der Waals surface area contributed by atoms with E-state index in [1.165, 1.54) is 97.9 Å². The van der Waals surface area contributed by atoms with Crippen LogP contribution in [0.15, 0.2) is 48.8 Å². The molecule has 200 valence electrons. The van der Waals surface area contributed by atoms with E-state index in [9.17, 15) is 0 Å². The molecule has 2 aromatic carbocycles. The average Bonchev–Trinajstić information content (AvgIpc) is 3.63. The van der Waals surface area contributed by atoms with E-state index in [1.807, 2.05) is 6.07 Å². The van der Waals surface area contributed by atoms with Gasteiger partial charge >= 0.3 is 0 Å². The fraction of sp³-hybridized carbons (Fsp3) is 0.500. The highest BCUT2D eigenvalue weighted by atomic mass is 16.5. The van der Waals surface area contributed by atoms with E-state index in [2.05, 4.69) is 62.5 Å². The molecule has 4 aromatic rings. The molecule has 0 saturated carbocycles. The van der Waals surface area contributed by atoms with Crippen LogP contribution in [0.1, 0.15) is 48.6 Å². The number of rotatable bonds is 4. The van der Waals surface area contributed by atoms with Gasteiger partial charge in [-0.25, -0.2) is 0 Å². The first-order chi connectivity index (χ1) is 18.7. The normalized spacial score (nSPS) is 29.8. The van der Waals surface area contributed by atoms with Crippen LogP contribution in [0.4, 0.5) is 0 Å². The van der Waals surface area contributed by atoms with Crippen LogP contribution in [-0.2, 0) is 0 Å². The van der Waals surface area contributed by atoms with Crippen molar-refractivity contribution in [1.82, 2.24) is 19.8 Å². The van der Waals surface area contributed by atoms with Gasteiger partial charge in [-0.3, -0.25) is 0 Å². The summed E-state index contributed by atoms with van der Waals surface area (Å²) < 4.78 is 10.9. The maximum Gasteiger partial charge on any atom is 0.128 e. The van der Waals surface area contributed by atoms with Crippen molar-refractivity contribution in [2.24, 2.45) is 11.8 Å². The molecule has 6 aliphatic rings. The van der Waals surface area contributed by atoms with Gasteiger partial charge in [0.2, 0.25) is 0 Å². The quantitative estimate of drug-likeness (QED) is 0.354. The Morgan fingerprint density at radius 2 is 1.34 bits per heavy atom. The molecule has 8 heterocycles. The number of hydrogen-bond donors (Lipinski definition) is 2. The molecule has 2 aromatic heterocycles. The lowest BCUT2D eigenvalue weighted by Gasteiger charge is -2.44. The summed E-state index contributed by atoms with van der Waals surface area (Å²) in [5, 5.41) is 2.64. The molecule has 6 saturated heterocycles. The Hall–Kier alpha value is -2.96. The lowest BCUT2D eigenvalue weighted by Crippen LogP contribution is -2.46. The number of fused-ring (bicyclic) bond motifs is 8. The average molecular weight is 513 g/mol. The van der Waals surface area contributed by atoms with Gasteiger partial charge in [0.05, 0.1) is 14.2 Å². The summed E-state index contributed by atoms with van der Waals surface area (Å²) in [6, 6.07) is 12.6. The highest BCUT2D eigenvalue weighted by Crippen LogP contribution is 2.44. The third kappa shape index (κ3) is 4.18. The summed E-state index contributed by atoms with van der Waals surface area (Å²) in [6.07, 6.45) is 9.86. The van der Waals surface area contributed by atoms with Gasteiger partial charge in [-0.1, -0.05) is 6.07 Å². The standard InChI is InChI=1S/2C16H20N2O/c1-19-12-2-3-16-13(8-12)14(9-17-16)15-10-18-6-4-11(15)5-7-18;1-19-15-4-2-3-14-16(15)12(9-17-14)13-10-18-7-5-11(13)6-8-18/h2-3,8-9,11,15,17H,4-7,10H2,1H3;2-4,9,11,13,17H,5-8,10H2,1H3. The number of aromatic amines is 2. The summed E-state index contributed by atoms with van der Waals surface area (Å²) in [6.45, 7) is 7.63. The first-order valence-corrected chi connectivity index (χ1v) is 14.5. The van der Waals surface area contributed by atoms with Crippen molar-refractivity contribution in [3.05, 3.63) is 59.9 Å². The summed E-state index contributed by atoms with van der Waals surface area (Å²) in [5.41, 5.74) is 5.38. The van der Waals surface area contributed by atoms with E-state index >= 15 is 0 Å². The van der Waals surface area contributed by atoms with Crippen LogP contribution in [0.3, 0.4) is 0 Å². The summed E-state index contributed by atoms with van der Waals surface area (Å²) in [4.78, 5) is 12.1. The number of H-pyrrole nitrogens is 2. The maximum atomic E-state index is 5.56. The maximum absolute atomic E-state index is 5.56. The molecule has 0 amide bonds. The van der Waals surface area contributed by atoms with Crippen molar-refractivity contribution in [3.8, 4) is 11.5 Å². The lowest BCUT2D eigenvalue weighted by atomic mass is 9.75. The van der Waals surface area contributed by atoms with Crippen molar-refractivity contribution < 1.29 is 9.47 Å². The van der Waals surface area contributed by atoms with E-state index in [4.69, 9.17) is 9.47 Å². The summed E-state index contributed by atoms with van der Waals surface area (Å²) in [5.74, 6) is 5.06. The first-order valence-electron chi connectivity index (χ1n) is 14.5. The minimum Gasteiger partial charge on any atom is -0.497 e. The Kier molecular flexibility index (Phi) is 6.33. The third-order valence-electron chi connectivity index (χ3n) is 9.95. The van der Waals surface area contributed by atoms with E-state index in [0.29, 0.717) is 11.8 Å². The van der Waals surface area contributed by atoms with Crippen LogP contribution < -0.4 is 9.47 Å². The topological polar surface area (TPSA) is 56.5 Å². The number of aromatic nitrogens is 2. The van der Waals surface area contributed by atoms with Crippen LogP contribution >= 0.6 is 0 Å². The second-order valence-corrected chi connectivity index (χ2v) is 11.8. The van der Waals surface area contributed by atoms with Gasteiger partial charge in [-0.2, -0.15) is 0 Å². The van der Waals surface area contributed by atoms with Crippen molar-refractivity contribution in [2.45, 2.75) is 37.5 Å². The van der Waals surface area contributed by atoms with Gasteiger partial charge in [-0.05, 0) is 105 Å². The molecule has 2 atom stereocenters. The van der Waals surface area contributed by atoms with Gasteiger partial charge in [0.25, 0.3) is 0 Å². The number of benzene rings is 2. The predicted octanol–water partition coefficient (Wildman–Crippen LogP) is 5.97. The zero-order valence-electron chi connectivity index (χ0n) is 22.7. The molecule has 2 N–H and O–H groups in total. The second-order valence-electron chi connectivity index (χ2n) is 11.8. The van der Waals surface area contributed by atoms with Crippen LogP contribution in [0.2, 0.25) is 0 Å². The molecular formula is C32H40N4O2. The van der Waals surface area contributed by atoms with E-state index in [-0.39, 0.29) is 0 Å². The lowest BCUT2D eigenvalue weighted by molar-refractivity contribution is 0.0876. The molecule has 6 aliphatic heterocycles. The molecule has 0 spiro atoms. The minimum atomic E-state index is 0.674. The molecule has 6 heteroatoms. The van der Waals surface area contributed by atoms with Gasteiger partial charge in [0.15, 0.2) is 0 Å². The molecule has 6 nitrogen and oxygen atoms in total. The summed E-state index contributed by atoms with van der Waals surface area (Å²) >= 11 is 0. The second kappa shape index (κ2) is 9.97. The zero-order valence-corrected chi connectivity index (χ0v) is 22.7. The van der Waals surface area contributed by atoms with Crippen molar-refractivity contribution >= 4 is 21.8 Å². The first kappa shape index (κ1) is 24.1. The number of ether oxygens (including phenoxy) is 2. The smallest absolute Gasteiger partial charge is 0.128 e.